The van der Waals surface area contributed by atoms with Gasteiger partial charge in [0.05, 0.1) is 16.9 Å². The van der Waals surface area contributed by atoms with Gasteiger partial charge in [-0.2, -0.15) is 5.10 Å². The molecule has 20 heavy (non-hydrogen) atoms. The van der Waals surface area contributed by atoms with Gasteiger partial charge in [0.1, 0.15) is 0 Å². The minimum absolute atomic E-state index is 0.209. The Labute approximate surface area is 122 Å². The van der Waals surface area contributed by atoms with E-state index >= 15 is 0 Å². The van der Waals surface area contributed by atoms with E-state index in [1.807, 2.05) is 14.0 Å². The number of carbonyl (C=O) groups is 1. The van der Waals surface area contributed by atoms with E-state index in [0.29, 0.717) is 10.6 Å². The lowest BCUT2D eigenvalue weighted by Gasteiger charge is -2.10. The second-order valence-corrected chi connectivity index (χ2v) is 4.85. The molecular weight excluding hydrogens is 276 g/mol. The first-order chi connectivity index (χ1) is 9.55. The smallest absolute Gasteiger partial charge is 0.257 e. The third-order valence-corrected chi connectivity index (χ3v) is 3.22. The number of nitrogens with zero attached hydrogens (tertiary/aromatic N) is 2. The zero-order valence-corrected chi connectivity index (χ0v) is 12.5. The Hall–Kier alpha value is -2.01. The summed E-state index contributed by atoms with van der Waals surface area (Å²) in [5.41, 5.74) is 2.82. The van der Waals surface area contributed by atoms with Crippen molar-refractivity contribution in [2.75, 3.05) is 17.7 Å². The summed E-state index contributed by atoms with van der Waals surface area (Å²) >= 11 is 5.96. The van der Waals surface area contributed by atoms with Gasteiger partial charge in [0, 0.05) is 31.0 Å². The van der Waals surface area contributed by atoms with E-state index in [1.165, 1.54) is 0 Å². The predicted octanol–water partition coefficient (Wildman–Crippen LogP) is 2.93. The Morgan fingerprint density at radius 2 is 2.15 bits per heavy atom. The van der Waals surface area contributed by atoms with Crippen LogP contribution >= 0.6 is 11.6 Å². The fraction of sp³-hybridized carbons (Fsp3) is 0.286. The minimum Gasteiger partial charge on any atom is -0.387 e. The number of carbonyl (C=O) groups excluding carboxylic acids is 1. The SMILES string of the molecule is CCc1nn(C)cc1NC(=O)c1cc(Cl)ccc1NC. The number of aromatic nitrogens is 2. The van der Waals surface area contributed by atoms with Crippen molar-refractivity contribution in [3.8, 4) is 0 Å². The van der Waals surface area contributed by atoms with E-state index in [4.69, 9.17) is 11.6 Å². The van der Waals surface area contributed by atoms with Crippen molar-refractivity contribution in [1.29, 1.82) is 0 Å². The second kappa shape index (κ2) is 5.96. The molecule has 0 saturated heterocycles. The summed E-state index contributed by atoms with van der Waals surface area (Å²) < 4.78 is 1.69. The van der Waals surface area contributed by atoms with Crippen molar-refractivity contribution in [3.63, 3.8) is 0 Å². The van der Waals surface area contributed by atoms with Crippen molar-refractivity contribution >= 4 is 28.9 Å². The third kappa shape index (κ3) is 2.93. The molecule has 0 saturated carbocycles. The summed E-state index contributed by atoms with van der Waals surface area (Å²) in [4.78, 5) is 12.4. The molecule has 2 aromatic rings. The Kier molecular flexibility index (Phi) is 4.29. The van der Waals surface area contributed by atoms with Crippen LogP contribution in [0.3, 0.4) is 0 Å². The van der Waals surface area contributed by atoms with Crippen LogP contribution in [0.1, 0.15) is 23.0 Å². The van der Waals surface area contributed by atoms with Crippen molar-refractivity contribution in [3.05, 3.63) is 40.7 Å². The maximum absolute atomic E-state index is 12.4. The topological polar surface area (TPSA) is 59.0 Å². The average Bonchev–Trinajstić information content (AvgIpc) is 2.78. The van der Waals surface area contributed by atoms with Crippen LogP contribution in [0.5, 0.6) is 0 Å². The molecule has 6 heteroatoms. The van der Waals surface area contributed by atoms with Crippen LogP contribution in [0.2, 0.25) is 5.02 Å². The second-order valence-electron chi connectivity index (χ2n) is 4.41. The highest BCUT2D eigenvalue weighted by molar-refractivity contribution is 6.31. The molecule has 0 aliphatic rings. The third-order valence-electron chi connectivity index (χ3n) is 2.98. The minimum atomic E-state index is -0.209. The van der Waals surface area contributed by atoms with Gasteiger partial charge in [0.15, 0.2) is 0 Å². The molecule has 0 spiro atoms. The Bertz CT molecular complexity index is 636. The van der Waals surface area contributed by atoms with Crippen LogP contribution in [0, 0.1) is 0 Å². The molecule has 0 aliphatic heterocycles. The molecule has 0 atom stereocenters. The number of amides is 1. The highest BCUT2D eigenvalue weighted by Gasteiger charge is 2.14. The van der Waals surface area contributed by atoms with E-state index in [-0.39, 0.29) is 5.91 Å². The van der Waals surface area contributed by atoms with Gasteiger partial charge in [-0.05, 0) is 24.6 Å². The molecule has 0 bridgehead atoms. The number of benzene rings is 1. The molecule has 0 aliphatic carbocycles. The van der Waals surface area contributed by atoms with E-state index in [0.717, 1.165) is 23.5 Å². The van der Waals surface area contributed by atoms with Crippen LogP contribution in [0.25, 0.3) is 0 Å². The lowest BCUT2D eigenvalue weighted by molar-refractivity contribution is 0.102. The molecule has 1 aromatic carbocycles. The molecule has 2 N–H and O–H groups in total. The summed E-state index contributed by atoms with van der Waals surface area (Å²) in [6.07, 6.45) is 2.55. The maximum Gasteiger partial charge on any atom is 0.257 e. The molecule has 0 unspecified atom stereocenters. The summed E-state index contributed by atoms with van der Waals surface area (Å²) in [6.45, 7) is 2.00. The molecule has 1 heterocycles. The largest absolute Gasteiger partial charge is 0.387 e. The standard InChI is InChI=1S/C14H17ClN4O/c1-4-11-13(8-19(3)18-11)17-14(20)10-7-9(15)5-6-12(10)16-2/h5-8,16H,4H2,1-3H3,(H,17,20). The van der Waals surface area contributed by atoms with Crippen LogP contribution in [0.15, 0.2) is 24.4 Å². The van der Waals surface area contributed by atoms with E-state index in [1.54, 1.807) is 36.1 Å². The maximum atomic E-state index is 12.4. The van der Waals surface area contributed by atoms with Gasteiger partial charge in [-0.1, -0.05) is 18.5 Å². The molecule has 2 rings (SSSR count). The van der Waals surface area contributed by atoms with Crippen LogP contribution in [0.4, 0.5) is 11.4 Å². The van der Waals surface area contributed by atoms with Gasteiger partial charge in [0.25, 0.3) is 5.91 Å². The molecule has 0 fully saturated rings. The number of nitrogens with one attached hydrogen (secondary N) is 2. The molecule has 5 nitrogen and oxygen atoms in total. The summed E-state index contributed by atoms with van der Waals surface area (Å²) in [5.74, 6) is -0.209. The van der Waals surface area contributed by atoms with Crippen molar-refractivity contribution in [2.24, 2.45) is 7.05 Å². The summed E-state index contributed by atoms with van der Waals surface area (Å²) in [7, 11) is 3.59. The number of hydrogen-bond acceptors (Lipinski definition) is 3. The van der Waals surface area contributed by atoms with E-state index in [2.05, 4.69) is 15.7 Å². The molecule has 106 valence electrons. The van der Waals surface area contributed by atoms with Gasteiger partial charge in [-0.15, -0.1) is 0 Å². The molecular formula is C14H17ClN4O. The average molecular weight is 293 g/mol. The highest BCUT2D eigenvalue weighted by atomic mass is 35.5. The van der Waals surface area contributed by atoms with Gasteiger partial charge in [-0.3, -0.25) is 9.48 Å². The van der Waals surface area contributed by atoms with Crippen LogP contribution in [-0.4, -0.2) is 22.7 Å². The van der Waals surface area contributed by atoms with Crippen LogP contribution < -0.4 is 10.6 Å². The molecule has 1 aromatic heterocycles. The van der Waals surface area contributed by atoms with E-state index < -0.39 is 0 Å². The number of anilines is 2. The first-order valence-electron chi connectivity index (χ1n) is 6.36. The Morgan fingerprint density at radius 1 is 1.40 bits per heavy atom. The summed E-state index contributed by atoms with van der Waals surface area (Å²) in [5, 5.41) is 10.7. The van der Waals surface area contributed by atoms with Gasteiger partial charge >= 0.3 is 0 Å². The van der Waals surface area contributed by atoms with Crippen molar-refractivity contribution in [2.45, 2.75) is 13.3 Å². The number of halogens is 1. The zero-order chi connectivity index (χ0) is 14.7. The zero-order valence-electron chi connectivity index (χ0n) is 11.7. The number of hydrogen-bond donors (Lipinski definition) is 2. The fourth-order valence-electron chi connectivity index (χ4n) is 2.01. The van der Waals surface area contributed by atoms with Crippen LogP contribution in [-0.2, 0) is 13.5 Å². The molecule has 0 radical (unpaired) electrons. The lowest BCUT2D eigenvalue weighted by atomic mass is 10.1. The Morgan fingerprint density at radius 3 is 2.80 bits per heavy atom. The number of rotatable bonds is 4. The quantitative estimate of drug-likeness (QED) is 0.911. The first kappa shape index (κ1) is 14.4. The normalized spacial score (nSPS) is 10.4. The van der Waals surface area contributed by atoms with Crippen molar-refractivity contribution in [1.82, 2.24) is 9.78 Å². The Balaban J connectivity index is 2.30. The first-order valence-corrected chi connectivity index (χ1v) is 6.74. The fourth-order valence-corrected chi connectivity index (χ4v) is 2.18. The lowest BCUT2D eigenvalue weighted by Crippen LogP contribution is -2.14. The number of aryl methyl sites for hydroxylation is 2. The van der Waals surface area contributed by atoms with E-state index in [9.17, 15) is 4.79 Å². The van der Waals surface area contributed by atoms with Gasteiger partial charge < -0.3 is 10.6 Å². The monoisotopic (exact) mass is 292 g/mol. The highest BCUT2D eigenvalue weighted by Crippen LogP contribution is 2.22. The van der Waals surface area contributed by atoms with Gasteiger partial charge in [-0.25, -0.2) is 0 Å². The van der Waals surface area contributed by atoms with Crippen molar-refractivity contribution < 1.29 is 4.79 Å². The predicted molar refractivity (Wildman–Crippen MR) is 81.5 cm³/mol. The molecule has 1 amide bonds. The van der Waals surface area contributed by atoms with Gasteiger partial charge in [0.2, 0.25) is 0 Å². The summed E-state index contributed by atoms with van der Waals surface area (Å²) in [6, 6.07) is 5.16.